The first kappa shape index (κ1) is 86.6. The fraction of sp³-hybridized carbons (Fsp3) is 0.857. The van der Waals surface area contributed by atoms with Gasteiger partial charge in [-0.15, -0.1) is 0 Å². The van der Waals surface area contributed by atoms with Crippen LogP contribution in [-0.4, -0.2) is 36.4 Å². The van der Waals surface area contributed by atoms with E-state index in [1.165, 1.54) is 353 Å². The van der Waals surface area contributed by atoms with Crippen molar-refractivity contribution in [1.82, 2.24) is 0 Å². The third-order valence-corrected chi connectivity index (χ3v) is 18.6. The third kappa shape index (κ3) is 78.0. The molecule has 5 heteroatoms. The third-order valence-electron chi connectivity index (χ3n) is 18.6. The van der Waals surface area contributed by atoms with Gasteiger partial charge in [-0.1, -0.05) is 434 Å². The van der Waals surface area contributed by atoms with Gasteiger partial charge in [0, 0.05) is 12.8 Å². The molecule has 0 aliphatic rings. The number of unbranched alkanes of at least 4 members (excludes halogenated alkanes) is 58. The maximum atomic E-state index is 12.4. The first-order chi connectivity index (χ1) is 44.1. The van der Waals surface area contributed by atoms with E-state index in [1.54, 1.807) is 0 Å². The molecular weight excluding hydrogens is 1090 g/mol. The van der Waals surface area contributed by atoms with Gasteiger partial charge in [-0.05, 0) is 57.8 Å². The van der Waals surface area contributed by atoms with Crippen molar-refractivity contribution in [3.8, 4) is 0 Å². The highest BCUT2D eigenvalue weighted by Gasteiger charge is 2.16. The van der Waals surface area contributed by atoms with Crippen LogP contribution in [0.1, 0.15) is 444 Å². The molecule has 1 N–H and O–H groups in total. The highest BCUT2D eigenvalue weighted by atomic mass is 16.6. The Labute approximate surface area is 557 Å². The van der Waals surface area contributed by atoms with Gasteiger partial charge < -0.3 is 14.6 Å². The van der Waals surface area contributed by atoms with Gasteiger partial charge in [0.15, 0.2) is 6.10 Å². The minimum absolute atomic E-state index is 0.0594. The number of ether oxygens (including phenoxy) is 2. The number of hydrogen-bond donors (Lipinski definition) is 1. The van der Waals surface area contributed by atoms with Gasteiger partial charge in [0.25, 0.3) is 0 Å². The van der Waals surface area contributed by atoms with Crippen LogP contribution >= 0.6 is 0 Å². The number of carbonyl (C=O) groups excluding carboxylic acids is 2. The molecule has 5 nitrogen and oxygen atoms in total. The summed E-state index contributed by atoms with van der Waals surface area (Å²) in [6, 6.07) is 0. The lowest BCUT2D eigenvalue weighted by Crippen LogP contribution is -2.28. The Hall–Kier alpha value is -2.40. The lowest BCUT2D eigenvalue weighted by molar-refractivity contribution is -0.161. The summed E-state index contributed by atoms with van der Waals surface area (Å²) in [5.74, 6) is -0.564. The zero-order valence-corrected chi connectivity index (χ0v) is 60.2. The summed E-state index contributed by atoms with van der Waals surface area (Å²) >= 11 is 0. The lowest BCUT2D eigenvalue weighted by Gasteiger charge is -2.15. The smallest absolute Gasteiger partial charge is 0.306 e. The molecule has 0 bridgehead atoms. The van der Waals surface area contributed by atoms with E-state index in [0.717, 1.165) is 64.2 Å². The van der Waals surface area contributed by atoms with Crippen molar-refractivity contribution >= 4 is 11.9 Å². The molecule has 0 rings (SSSR count). The molecule has 89 heavy (non-hydrogen) atoms. The maximum Gasteiger partial charge on any atom is 0.306 e. The maximum absolute atomic E-state index is 12.4. The van der Waals surface area contributed by atoms with E-state index in [0.29, 0.717) is 12.8 Å². The summed E-state index contributed by atoms with van der Waals surface area (Å²) in [5.41, 5.74) is 0. The van der Waals surface area contributed by atoms with Gasteiger partial charge in [0.05, 0.1) is 6.61 Å². The Balaban J connectivity index is 3.36. The number of esters is 2. The Morgan fingerprint density at radius 2 is 0.483 bits per heavy atom. The summed E-state index contributed by atoms with van der Waals surface area (Å²) in [7, 11) is 0. The second kappa shape index (κ2) is 79.8. The molecule has 0 spiro atoms. The van der Waals surface area contributed by atoms with Gasteiger partial charge in [-0.3, -0.25) is 9.59 Å². The van der Waals surface area contributed by atoms with Crippen molar-refractivity contribution in [1.29, 1.82) is 0 Å². The van der Waals surface area contributed by atoms with Crippen LogP contribution in [0.3, 0.4) is 0 Å². The summed E-state index contributed by atoms with van der Waals surface area (Å²) in [6.07, 6.45) is 110. The van der Waals surface area contributed by atoms with Crippen LogP contribution in [0.5, 0.6) is 0 Å². The standard InChI is InChI=1S/C84H156O5/c1-3-5-7-9-11-13-15-17-19-21-23-25-27-29-31-33-35-37-39-41-43-44-46-48-50-52-54-56-58-60-62-64-66-68-70-72-74-76-78-83(86)88-81-82(80-85)89-84(87)79-77-75-73-71-69-67-65-63-61-59-57-55-53-51-49-47-45-42-40-38-36-34-32-30-28-26-24-22-20-18-16-14-12-10-8-6-4-2/h6,8,12,14,18,20,24,26,30,32,82,85H,3-5,7,9-11,13,15-17,19,21-23,25,27-29,31,33-81H2,1-2H3/b8-6-,14-12-,20-18-,26-24-,32-30-. The number of carbonyl (C=O) groups is 2. The molecule has 0 saturated carbocycles. The van der Waals surface area contributed by atoms with Crippen molar-refractivity contribution < 1.29 is 24.2 Å². The van der Waals surface area contributed by atoms with Crippen molar-refractivity contribution in [2.24, 2.45) is 0 Å². The molecule has 0 aromatic heterocycles. The molecule has 0 aliphatic heterocycles. The van der Waals surface area contributed by atoms with Gasteiger partial charge >= 0.3 is 11.9 Å². The summed E-state index contributed by atoms with van der Waals surface area (Å²) in [6.45, 7) is 4.10. The second-order valence-corrected chi connectivity index (χ2v) is 27.5. The van der Waals surface area contributed by atoms with Crippen LogP contribution in [0.2, 0.25) is 0 Å². The number of rotatable bonds is 76. The summed E-state index contributed by atoms with van der Waals surface area (Å²) < 4.78 is 10.8. The van der Waals surface area contributed by atoms with Crippen molar-refractivity contribution in [2.45, 2.75) is 450 Å². The number of hydrogen-bond acceptors (Lipinski definition) is 5. The molecule has 0 aromatic rings. The Morgan fingerprint density at radius 3 is 0.730 bits per heavy atom. The van der Waals surface area contributed by atoms with Crippen LogP contribution in [-0.2, 0) is 19.1 Å². The zero-order valence-electron chi connectivity index (χ0n) is 60.2. The predicted octanol–water partition coefficient (Wildman–Crippen LogP) is 28.4. The summed E-state index contributed by atoms with van der Waals surface area (Å²) in [5, 5.41) is 9.73. The Morgan fingerprint density at radius 1 is 0.270 bits per heavy atom. The largest absolute Gasteiger partial charge is 0.462 e. The zero-order chi connectivity index (χ0) is 64.0. The van der Waals surface area contributed by atoms with E-state index in [4.69, 9.17) is 9.47 Å². The normalized spacial score (nSPS) is 12.4. The fourth-order valence-electron chi connectivity index (χ4n) is 12.6. The Bertz CT molecular complexity index is 1510. The van der Waals surface area contributed by atoms with E-state index in [-0.39, 0.29) is 25.2 Å². The molecule has 0 aliphatic carbocycles. The van der Waals surface area contributed by atoms with Crippen LogP contribution in [0.25, 0.3) is 0 Å². The van der Waals surface area contributed by atoms with E-state index < -0.39 is 6.10 Å². The molecule has 0 radical (unpaired) electrons. The van der Waals surface area contributed by atoms with Gasteiger partial charge in [0.1, 0.15) is 6.61 Å². The number of aliphatic hydroxyl groups excluding tert-OH is 1. The fourth-order valence-corrected chi connectivity index (χ4v) is 12.6. The van der Waals surface area contributed by atoms with E-state index in [9.17, 15) is 14.7 Å². The number of allylic oxidation sites excluding steroid dienone is 10. The van der Waals surface area contributed by atoms with Crippen molar-refractivity contribution in [2.75, 3.05) is 13.2 Å². The predicted molar refractivity (Wildman–Crippen MR) is 394 cm³/mol. The average molecular weight is 1250 g/mol. The molecule has 1 atom stereocenters. The van der Waals surface area contributed by atoms with E-state index >= 15 is 0 Å². The van der Waals surface area contributed by atoms with Gasteiger partial charge in [-0.25, -0.2) is 0 Å². The first-order valence-electron chi connectivity index (χ1n) is 40.3. The molecule has 0 fully saturated rings. The van der Waals surface area contributed by atoms with Crippen LogP contribution in [0.15, 0.2) is 60.8 Å². The average Bonchev–Trinajstić information content (AvgIpc) is 3.55. The summed E-state index contributed by atoms with van der Waals surface area (Å²) in [4.78, 5) is 24.7. The molecule has 0 aromatic carbocycles. The van der Waals surface area contributed by atoms with Crippen LogP contribution in [0.4, 0.5) is 0 Å². The van der Waals surface area contributed by atoms with E-state index in [1.807, 2.05) is 0 Å². The monoisotopic (exact) mass is 1250 g/mol. The molecule has 522 valence electrons. The quantitative estimate of drug-likeness (QED) is 0.0373. The second-order valence-electron chi connectivity index (χ2n) is 27.5. The van der Waals surface area contributed by atoms with Gasteiger partial charge in [0.2, 0.25) is 0 Å². The highest BCUT2D eigenvalue weighted by molar-refractivity contribution is 5.70. The minimum atomic E-state index is -0.771. The van der Waals surface area contributed by atoms with Crippen LogP contribution in [0, 0.1) is 0 Å². The molecule has 1 unspecified atom stereocenters. The lowest BCUT2D eigenvalue weighted by atomic mass is 10.0. The van der Waals surface area contributed by atoms with E-state index in [2.05, 4.69) is 74.6 Å². The minimum Gasteiger partial charge on any atom is -0.462 e. The topological polar surface area (TPSA) is 72.8 Å². The SMILES string of the molecule is CC/C=C\C/C=C\C/C=C\C/C=C\C/C=C\CCCCCCCCCCCCCCCCCCCCCCCC(=O)OC(CO)COC(=O)CCCCCCCCCCCCCCCCCCCCCCCCCCCCCCCCCCCCCCCC. The molecule has 0 saturated heterocycles. The molecular formula is C84H156O5. The van der Waals surface area contributed by atoms with Gasteiger partial charge in [-0.2, -0.15) is 0 Å². The highest BCUT2D eigenvalue weighted by Crippen LogP contribution is 2.20. The molecule has 0 heterocycles. The Kier molecular flexibility index (Phi) is 77.7. The molecule has 0 amide bonds. The van der Waals surface area contributed by atoms with Crippen molar-refractivity contribution in [3.63, 3.8) is 0 Å². The van der Waals surface area contributed by atoms with Crippen molar-refractivity contribution in [3.05, 3.63) is 60.8 Å². The number of aliphatic hydroxyl groups is 1. The first-order valence-corrected chi connectivity index (χ1v) is 40.3. The van der Waals surface area contributed by atoms with Crippen LogP contribution < -0.4 is 0 Å².